The van der Waals surface area contributed by atoms with E-state index in [0.717, 1.165) is 16.9 Å². The second-order valence-electron chi connectivity index (χ2n) is 2.31. The van der Waals surface area contributed by atoms with Gasteiger partial charge < -0.3 is 0 Å². The zero-order valence-electron chi connectivity index (χ0n) is 6.24. The van der Waals surface area contributed by atoms with Crippen molar-refractivity contribution in [1.82, 2.24) is 9.97 Å². The summed E-state index contributed by atoms with van der Waals surface area (Å²) in [5.74, 6) is 0. The van der Waals surface area contributed by atoms with Crippen molar-refractivity contribution >= 4 is 21.6 Å². The third-order valence-electron chi connectivity index (χ3n) is 1.68. The molecule has 0 atom stereocenters. The van der Waals surface area contributed by atoms with Gasteiger partial charge in [0.25, 0.3) is 0 Å². The Labute approximate surface area is 68.9 Å². The van der Waals surface area contributed by atoms with Crippen LogP contribution in [0, 0.1) is 0 Å². The number of hydrogen-bond donors (Lipinski definition) is 0. The second-order valence-corrected chi connectivity index (χ2v) is 3.21. The summed E-state index contributed by atoms with van der Waals surface area (Å²) in [5, 5.41) is 3.26. The van der Waals surface area contributed by atoms with Crippen LogP contribution in [0.15, 0.2) is 17.8 Å². The van der Waals surface area contributed by atoms with E-state index in [4.69, 9.17) is 0 Å². The number of thiophene rings is 1. The van der Waals surface area contributed by atoms with Crippen LogP contribution in [0.25, 0.3) is 10.2 Å². The quantitative estimate of drug-likeness (QED) is 0.646. The highest BCUT2D eigenvalue weighted by Crippen LogP contribution is 2.19. The molecule has 0 fully saturated rings. The normalized spacial score (nSPS) is 10.6. The molecular formula is C8H8N2S. The van der Waals surface area contributed by atoms with Gasteiger partial charge in [-0.1, -0.05) is 6.92 Å². The van der Waals surface area contributed by atoms with E-state index in [1.807, 2.05) is 0 Å². The predicted octanol–water partition coefficient (Wildman–Crippen LogP) is 2.25. The van der Waals surface area contributed by atoms with Gasteiger partial charge in [0.15, 0.2) is 0 Å². The zero-order valence-corrected chi connectivity index (χ0v) is 7.06. The molecule has 2 aromatic rings. The Morgan fingerprint density at radius 1 is 1.45 bits per heavy atom. The summed E-state index contributed by atoms with van der Waals surface area (Å²) in [6.07, 6.45) is 2.62. The Balaban J connectivity index is 2.79. The van der Waals surface area contributed by atoms with Crippen molar-refractivity contribution in [2.45, 2.75) is 13.3 Å². The summed E-state index contributed by atoms with van der Waals surface area (Å²) in [6.45, 7) is 2.11. The summed E-state index contributed by atoms with van der Waals surface area (Å²) in [4.78, 5) is 9.44. The monoisotopic (exact) mass is 164 g/mol. The number of aromatic nitrogens is 2. The van der Waals surface area contributed by atoms with Gasteiger partial charge in [-0.2, -0.15) is 0 Å². The molecule has 2 heterocycles. The maximum absolute atomic E-state index is 4.19. The Hall–Kier alpha value is -0.960. The van der Waals surface area contributed by atoms with E-state index in [2.05, 4.69) is 28.3 Å². The minimum Gasteiger partial charge on any atom is -0.241 e. The van der Waals surface area contributed by atoms with E-state index in [-0.39, 0.29) is 0 Å². The highest BCUT2D eigenvalue weighted by molar-refractivity contribution is 7.16. The molecule has 0 saturated carbocycles. The third kappa shape index (κ3) is 1.01. The molecule has 56 valence electrons. The maximum atomic E-state index is 4.19. The number of nitrogens with zero attached hydrogens (tertiary/aromatic N) is 2. The summed E-state index contributed by atoms with van der Waals surface area (Å²) in [7, 11) is 0. The average Bonchev–Trinajstić information content (AvgIpc) is 2.50. The second kappa shape index (κ2) is 2.58. The van der Waals surface area contributed by atoms with Crippen LogP contribution in [0.3, 0.4) is 0 Å². The number of rotatable bonds is 1. The molecule has 2 aromatic heterocycles. The molecule has 0 aromatic carbocycles. The van der Waals surface area contributed by atoms with Gasteiger partial charge >= 0.3 is 0 Å². The van der Waals surface area contributed by atoms with Gasteiger partial charge in [0.2, 0.25) is 0 Å². The van der Waals surface area contributed by atoms with Crippen LogP contribution >= 0.6 is 11.3 Å². The van der Waals surface area contributed by atoms with Gasteiger partial charge in [-0.25, -0.2) is 9.97 Å². The molecule has 2 nitrogen and oxygen atoms in total. The van der Waals surface area contributed by atoms with E-state index in [1.54, 1.807) is 17.7 Å². The lowest BCUT2D eigenvalue weighted by Crippen LogP contribution is -1.87. The Morgan fingerprint density at radius 3 is 3.18 bits per heavy atom. The first kappa shape index (κ1) is 6.73. The first-order valence-electron chi connectivity index (χ1n) is 3.59. The zero-order chi connectivity index (χ0) is 7.68. The standard InChI is InChI=1S/C8H8N2S/c1-2-7-6-3-4-11-8(6)10-5-9-7/h3-5H,2H2,1H3. The van der Waals surface area contributed by atoms with Crippen LogP contribution in [-0.2, 0) is 6.42 Å². The van der Waals surface area contributed by atoms with Crippen molar-refractivity contribution < 1.29 is 0 Å². The molecule has 2 rings (SSSR count). The molecule has 0 bridgehead atoms. The minimum atomic E-state index is 0.982. The number of hydrogen-bond acceptors (Lipinski definition) is 3. The largest absolute Gasteiger partial charge is 0.241 e. The minimum absolute atomic E-state index is 0.982. The lowest BCUT2D eigenvalue weighted by Gasteiger charge is -1.94. The molecule has 11 heavy (non-hydrogen) atoms. The van der Waals surface area contributed by atoms with Gasteiger partial charge in [0.05, 0.1) is 5.69 Å². The van der Waals surface area contributed by atoms with E-state index < -0.39 is 0 Å². The van der Waals surface area contributed by atoms with Crippen molar-refractivity contribution in [2.75, 3.05) is 0 Å². The molecule has 0 N–H and O–H groups in total. The molecular weight excluding hydrogens is 156 g/mol. The van der Waals surface area contributed by atoms with Gasteiger partial charge in [-0.15, -0.1) is 11.3 Å². The highest BCUT2D eigenvalue weighted by atomic mass is 32.1. The molecule has 0 saturated heterocycles. The number of fused-ring (bicyclic) bond motifs is 1. The fraction of sp³-hybridized carbons (Fsp3) is 0.250. The molecule has 3 heteroatoms. The third-order valence-corrected chi connectivity index (χ3v) is 2.50. The highest BCUT2D eigenvalue weighted by Gasteiger charge is 2.00. The Kier molecular flexibility index (Phi) is 1.58. The predicted molar refractivity (Wildman–Crippen MR) is 46.8 cm³/mol. The molecule has 0 aliphatic carbocycles. The lowest BCUT2D eigenvalue weighted by atomic mass is 10.2. The average molecular weight is 164 g/mol. The first-order valence-corrected chi connectivity index (χ1v) is 4.47. The fourth-order valence-electron chi connectivity index (χ4n) is 1.12. The van der Waals surface area contributed by atoms with Gasteiger partial charge in [-0.05, 0) is 17.9 Å². The topological polar surface area (TPSA) is 25.8 Å². The molecule has 0 radical (unpaired) electrons. The molecule has 0 spiro atoms. The van der Waals surface area contributed by atoms with Gasteiger partial charge in [0.1, 0.15) is 11.2 Å². The molecule has 0 aliphatic heterocycles. The summed E-state index contributed by atoms with van der Waals surface area (Å²) >= 11 is 1.67. The van der Waals surface area contributed by atoms with E-state index in [0.29, 0.717) is 0 Å². The first-order chi connectivity index (χ1) is 5.42. The van der Waals surface area contributed by atoms with Crippen LogP contribution in [0.1, 0.15) is 12.6 Å². The fourth-order valence-corrected chi connectivity index (χ4v) is 1.88. The smallest absolute Gasteiger partial charge is 0.126 e. The van der Waals surface area contributed by atoms with Crippen molar-refractivity contribution in [2.24, 2.45) is 0 Å². The van der Waals surface area contributed by atoms with Crippen molar-refractivity contribution in [1.29, 1.82) is 0 Å². The van der Waals surface area contributed by atoms with Crippen LogP contribution in [0.2, 0.25) is 0 Å². The summed E-state index contributed by atoms with van der Waals surface area (Å²) in [5.41, 5.74) is 1.15. The van der Waals surface area contributed by atoms with Crippen LogP contribution in [0.5, 0.6) is 0 Å². The SMILES string of the molecule is CCc1ncnc2sccc12. The van der Waals surface area contributed by atoms with Crippen molar-refractivity contribution in [3.8, 4) is 0 Å². The lowest BCUT2D eigenvalue weighted by molar-refractivity contribution is 1.03. The van der Waals surface area contributed by atoms with E-state index in [9.17, 15) is 0 Å². The molecule has 0 amide bonds. The van der Waals surface area contributed by atoms with E-state index in [1.165, 1.54) is 5.39 Å². The van der Waals surface area contributed by atoms with Crippen molar-refractivity contribution in [3.05, 3.63) is 23.5 Å². The van der Waals surface area contributed by atoms with Gasteiger partial charge in [0, 0.05) is 5.39 Å². The summed E-state index contributed by atoms with van der Waals surface area (Å²) < 4.78 is 0. The Morgan fingerprint density at radius 2 is 2.36 bits per heavy atom. The summed E-state index contributed by atoms with van der Waals surface area (Å²) in [6, 6.07) is 2.08. The molecule has 0 aliphatic rings. The van der Waals surface area contributed by atoms with Crippen LogP contribution < -0.4 is 0 Å². The Bertz CT molecular complexity index is 367. The molecule has 0 unspecified atom stereocenters. The van der Waals surface area contributed by atoms with Gasteiger partial charge in [-0.3, -0.25) is 0 Å². The van der Waals surface area contributed by atoms with E-state index >= 15 is 0 Å². The number of aryl methyl sites for hydroxylation is 1. The van der Waals surface area contributed by atoms with Crippen LogP contribution in [-0.4, -0.2) is 9.97 Å². The van der Waals surface area contributed by atoms with Crippen molar-refractivity contribution in [3.63, 3.8) is 0 Å². The maximum Gasteiger partial charge on any atom is 0.126 e. The van der Waals surface area contributed by atoms with Crippen LogP contribution in [0.4, 0.5) is 0 Å².